The fraction of sp³-hybridized carbons (Fsp3) is 0.250. The summed E-state index contributed by atoms with van der Waals surface area (Å²) < 4.78 is 0. The Kier molecular flexibility index (Phi) is 4.79. The minimum absolute atomic E-state index is 0.849. The third kappa shape index (κ3) is 3.90. The van der Waals surface area contributed by atoms with Gasteiger partial charge in [0, 0.05) is 12.2 Å². The molecule has 0 aliphatic heterocycles. The van der Waals surface area contributed by atoms with Crippen LogP contribution in [0.1, 0.15) is 17.5 Å². The number of nitrogen functional groups attached to an aromatic ring is 1. The third-order valence-corrected chi connectivity index (χ3v) is 3.03. The van der Waals surface area contributed by atoms with Gasteiger partial charge in [-0.15, -0.1) is 0 Å². The number of rotatable bonds is 6. The summed E-state index contributed by atoms with van der Waals surface area (Å²) in [5.74, 6) is 0. The van der Waals surface area contributed by atoms with Crippen molar-refractivity contribution in [1.29, 1.82) is 0 Å². The van der Waals surface area contributed by atoms with Crippen LogP contribution >= 0.6 is 0 Å². The van der Waals surface area contributed by atoms with Crippen molar-refractivity contribution < 1.29 is 0 Å². The Morgan fingerprint density at radius 1 is 0.889 bits per heavy atom. The molecule has 0 aromatic heterocycles. The van der Waals surface area contributed by atoms with Gasteiger partial charge >= 0.3 is 0 Å². The number of aryl methyl sites for hydroxylation is 1. The molecule has 0 amide bonds. The number of hydrogen-bond acceptors (Lipinski definition) is 2. The molecule has 0 saturated carbocycles. The lowest BCUT2D eigenvalue weighted by Crippen LogP contribution is -2.16. The molecule has 0 aliphatic carbocycles. The number of nitrogens with two attached hydrogens (primary N) is 1. The van der Waals surface area contributed by atoms with Crippen LogP contribution in [0.4, 0.5) is 5.69 Å². The predicted molar refractivity (Wildman–Crippen MR) is 77.3 cm³/mol. The van der Waals surface area contributed by atoms with Gasteiger partial charge in [0.2, 0.25) is 0 Å². The van der Waals surface area contributed by atoms with Gasteiger partial charge in [-0.2, -0.15) is 0 Å². The largest absolute Gasteiger partial charge is 0.398 e. The van der Waals surface area contributed by atoms with Crippen molar-refractivity contribution >= 4 is 5.69 Å². The monoisotopic (exact) mass is 240 g/mol. The van der Waals surface area contributed by atoms with Crippen LogP contribution in [0.25, 0.3) is 0 Å². The molecule has 0 bridgehead atoms. The minimum Gasteiger partial charge on any atom is -0.398 e. The molecule has 0 unspecified atom stereocenters. The Morgan fingerprint density at radius 2 is 1.61 bits per heavy atom. The predicted octanol–water partition coefficient (Wildman–Crippen LogP) is 2.99. The maximum atomic E-state index is 5.89. The molecule has 2 nitrogen and oxygen atoms in total. The number of nitrogens with one attached hydrogen (secondary N) is 1. The molecule has 2 heteroatoms. The van der Waals surface area contributed by atoms with E-state index >= 15 is 0 Å². The topological polar surface area (TPSA) is 38.0 Å². The average Bonchev–Trinajstić information content (AvgIpc) is 2.42. The van der Waals surface area contributed by atoms with E-state index < -0.39 is 0 Å². The summed E-state index contributed by atoms with van der Waals surface area (Å²) in [5, 5.41) is 3.43. The van der Waals surface area contributed by atoms with Crippen molar-refractivity contribution in [1.82, 2.24) is 5.32 Å². The molecular weight excluding hydrogens is 220 g/mol. The third-order valence-electron chi connectivity index (χ3n) is 3.03. The molecule has 3 N–H and O–H groups in total. The van der Waals surface area contributed by atoms with E-state index in [1.807, 2.05) is 18.2 Å². The van der Waals surface area contributed by atoms with E-state index in [1.54, 1.807) is 0 Å². The van der Waals surface area contributed by atoms with Crippen LogP contribution in [0.3, 0.4) is 0 Å². The maximum absolute atomic E-state index is 5.89. The van der Waals surface area contributed by atoms with Crippen molar-refractivity contribution in [3.63, 3.8) is 0 Å². The Labute approximate surface area is 109 Å². The minimum atomic E-state index is 0.849. The highest BCUT2D eigenvalue weighted by atomic mass is 14.8. The molecule has 0 heterocycles. The molecule has 94 valence electrons. The van der Waals surface area contributed by atoms with Gasteiger partial charge in [-0.05, 0) is 36.6 Å². The molecule has 0 saturated heterocycles. The van der Waals surface area contributed by atoms with Crippen molar-refractivity contribution in [2.45, 2.75) is 19.4 Å². The van der Waals surface area contributed by atoms with Gasteiger partial charge in [-0.25, -0.2) is 0 Å². The highest BCUT2D eigenvalue weighted by molar-refractivity contribution is 5.46. The molecular formula is C16H20N2. The first kappa shape index (κ1) is 12.7. The van der Waals surface area contributed by atoms with Crippen LogP contribution < -0.4 is 11.1 Å². The lowest BCUT2D eigenvalue weighted by atomic mass is 10.1. The van der Waals surface area contributed by atoms with E-state index in [1.165, 1.54) is 11.1 Å². The van der Waals surface area contributed by atoms with Gasteiger partial charge in [0.1, 0.15) is 0 Å². The molecule has 2 aromatic rings. The quantitative estimate of drug-likeness (QED) is 0.601. The summed E-state index contributed by atoms with van der Waals surface area (Å²) in [6.07, 6.45) is 2.27. The van der Waals surface area contributed by atoms with Crippen molar-refractivity contribution in [2.24, 2.45) is 0 Å². The second-order valence-electron chi connectivity index (χ2n) is 4.46. The second kappa shape index (κ2) is 6.82. The van der Waals surface area contributed by atoms with Crippen molar-refractivity contribution in [3.8, 4) is 0 Å². The lowest BCUT2D eigenvalue weighted by Gasteiger charge is -2.07. The van der Waals surface area contributed by atoms with Gasteiger partial charge in [-0.1, -0.05) is 48.5 Å². The highest BCUT2D eigenvalue weighted by Gasteiger charge is 1.97. The standard InChI is InChI=1S/C16H20N2/c17-16-11-5-4-10-15(16)13-18-12-6-9-14-7-2-1-3-8-14/h1-5,7-8,10-11,18H,6,9,12-13,17H2. The maximum Gasteiger partial charge on any atom is 0.0359 e. The summed E-state index contributed by atoms with van der Waals surface area (Å²) in [6.45, 7) is 1.87. The van der Waals surface area contributed by atoms with E-state index in [0.29, 0.717) is 0 Å². The summed E-state index contributed by atoms with van der Waals surface area (Å²) in [4.78, 5) is 0. The van der Waals surface area contributed by atoms with Crippen LogP contribution in [-0.2, 0) is 13.0 Å². The summed E-state index contributed by atoms with van der Waals surface area (Å²) in [5.41, 5.74) is 9.33. The van der Waals surface area contributed by atoms with Gasteiger partial charge in [0.05, 0.1) is 0 Å². The highest BCUT2D eigenvalue weighted by Crippen LogP contribution is 2.09. The van der Waals surface area contributed by atoms with E-state index in [4.69, 9.17) is 5.73 Å². The first-order valence-electron chi connectivity index (χ1n) is 6.44. The van der Waals surface area contributed by atoms with Gasteiger partial charge in [-0.3, -0.25) is 0 Å². The van der Waals surface area contributed by atoms with Crippen LogP contribution in [-0.4, -0.2) is 6.54 Å². The lowest BCUT2D eigenvalue weighted by molar-refractivity contribution is 0.650. The Morgan fingerprint density at radius 3 is 2.39 bits per heavy atom. The van der Waals surface area contributed by atoms with Crippen LogP contribution in [0.15, 0.2) is 54.6 Å². The first-order chi connectivity index (χ1) is 8.86. The van der Waals surface area contributed by atoms with Crippen molar-refractivity contribution in [3.05, 3.63) is 65.7 Å². The smallest absolute Gasteiger partial charge is 0.0359 e. The summed E-state index contributed by atoms with van der Waals surface area (Å²) in [7, 11) is 0. The zero-order valence-electron chi connectivity index (χ0n) is 10.6. The number of anilines is 1. The Bertz CT molecular complexity index is 466. The molecule has 0 spiro atoms. The first-order valence-corrected chi connectivity index (χ1v) is 6.44. The number of hydrogen-bond donors (Lipinski definition) is 2. The van der Waals surface area contributed by atoms with E-state index in [-0.39, 0.29) is 0 Å². The van der Waals surface area contributed by atoms with Crippen LogP contribution in [0.5, 0.6) is 0 Å². The molecule has 18 heavy (non-hydrogen) atoms. The molecule has 0 aliphatic rings. The van der Waals surface area contributed by atoms with Crippen LogP contribution in [0.2, 0.25) is 0 Å². The van der Waals surface area contributed by atoms with E-state index in [9.17, 15) is 0 Å². The van der Waals surface area contributed by atoms with Crippen LogP contribution in [0, 0.1) is 0 Å². The van der Waals surface area contributed by atoms with E-state index in [0.717, 1.165) is 31.6 Å². The van der Waals surface area contributed by atoms with Gasteiger partial charge in [0.15, 0.2) is 0 Å². The molecule has 0 atom stereocenters. The fourth-order valence-electron chi connectivity index (χ4n) is 1.98. The zero-order chi connectivity index (χ0) is 12.6. The van der Waals surface area contributed by atoms with E-state index in [2.05, 4.69) is 41.7 Å². The molecule has 0 radical (unpaired) electrons. The Hall–Kier alpha value is -1.80. The number of para-hydroxylation sites is 1. The van der Waals surface area contributed by atoms with Gasteiger partial charge < -0.3 is 11.1 Å². The molecule has 0 fully saturated rings. The normalized spacial score (nSPS) is 10.4. The molecule has 2 rings (SSSR count). The number of benzene rings is 2. The summed E-state index contributed by atoms with van der Waals surface area (Å²) >= 11 is 0. The van der Waals surface area contributed by atoms with Gasteiger partial charge in [0.25, 0.3) is 0 Å². The Balaban J connectivity index is 1.66. The summed E-state index contributed by atoms with van der Waals surface area (Å²) in [6, 6.07) is 18.6. The fourth-order valence-corrected chi connectivity index (χ4v) is 1.98. The second-order valence-corrected chi connectivity index (χ2v) is 4.46. The van der Waals surface area contributed by atoms with Crippen molar-refractivity contribution in [2.75, 3.05) is 12.3 Å². The zero-order valence-corrected chi connectivity index (χ0v) is 10.6. The SMILES string of the molecule is Nc1ccccc1CNCCCc1ccccc1. The average molecular weight is 240 g/mol. The molecule has 2 aromatic carbocycles.